The van der Waals surface area contributed by atoms with Crippen molar-refractivity contribution in [3.63, 3.8) is 0 Å². The van der Waals surface area contributed by atoms with E-state index in [0.717, 1.165) is 38.3 Å². The van der Waals surface area contributed by atoms with Gasteiger partial charge in [-0.05, 0) is 63.5 Å². The highest BCUT2D eigenvalue weighted by Crippen LogP contribution is 2.38. The van der Waals surface area contributed by atoms with Crippen molar-refractivity contribution in [2.24, 2.45) is 4.99 Å². The van der Waals surface area contributed by atoms with Gasteiger partial charge in [0.2, 0.25) is 0 Å². The second-order valence-corrected chi connectivity index (χ2v) is 9.10. The van der Waals surface area contributed by atoms with Crippen LogP contribution in [0.3, 0.4) is 0 Å². The second kappa shape index (κ2) is 9.61. The molecule has 0 spiro atoms. The molecule has 0 aromatic heterocycles. The molecule has 0 heterocycles. The maximum atomic E-state index is 5.80. The van der Waals surface area contributed by atoms with Gasteiger partial charge in [0.05, 0.1) is 23.0 Å². The third kappa shape index (κ3) is 4.67. The van der Waals surface area contributed by atoms with E-state index in [1.807, 2.05) is 6.07 Å². The van der Waals surface area contributed by atoms with E-state index in [4.69, 9.17) is 9.73 Å². The Labute approximate surface area is 189 Å². The number of halogens is 1. The fourth-order valence-electron chi connectivity index (χ4n) is 3.74. The van der Waals surface area contributed by atoms with Gasteiger partial charge < -0.3 is 4.74 Å². The third-order valence-corrected chi connectivity index (χ3v) is 5.85. The zero-order chi connectivity index (χ0) is 21.8. The summed E-state index contributed by atoms with van der Waals surface area (Å²) < 4.78 is 6.73. The van der Waals surface area contributed by atoms with Crippen LogP contribution in [0, 0.1) is 6.92 Å². The van der Waals surface area contributed by atoms with Gasteiger partial charge in [-0.1, -0.05) is 76.2 Å². The van der Waals surface area contributed by atoms with Crippen LogP contribution in [0.4, 0.5) is 5.69 Å². The Kier molecular flexibility index (Phi) is 7.14. The van der Waals surface area contributed by atoms with E-state index in [0.29, 0.717) is 11.8 Å². The van der Waals surface area contributed by atoms with Crippen molar-refractivity contribution < 1.29 is 4.74 Å². The maximum Gasteiger partial charge on any atom is 0.142 e. The Morgan fingerprint density at radius 1 is 0.867 bits per heavy atom. The number of aliphatic imine (C=N–C) groups is 1. The topological polar surface area (TPSA) is 21.6 Å². The van der Waals surface area contributed by atoms with Gasteiger partial charge in [-0.3, -0.25) is 0 Å². The molecule has 0 amide bonds. The third-order valence-electron chi connectivity index (χ3n) is 5.26. The van der Waals surface area contributed by atoms with Crippen LogP contribution in [-0.4, -0.2) is 12.8 Å². The number of rotatable bonds is 6. The normalized spacial score (nSPS) is 12.0. The molecule has 0 aliphatic heterocycles. The van der Waals surface area contributed by atoms with Gasteiger partial charge >= 0.3 is 0 Å². The number of hydrogen-bond donors (Lipinski definition) is 0. The lowest BCUT2D eigenvalue weighted by atomic mass is 9.92. The minimum absolute atomic E-state index is 0.380. The zero-order valence-corrected chi connectivity index (χ0v) is 20.2. The monoisotopic (exact) mass is 463 g/mol. The first-order valence-corrected chi connectivity index (χ1v) is 11.2. The number of para-hydroxylation sites is 1. The van der Waals surface area contributed by atoms with E-state index in [2.05, 4.69) is 105 Å². The second-order valence-electron chi connectivity index (χ2n) is 8.25. The molecular weight excluding hydrogens is 434 g/mol. The molecule has 0 radical (unpaired) electrons. The van der Waals surface area contributed by atoms with Gasteiger partial charge in [-0.15, -0.1) is 0 Å². The molecule has 0 atom stereocenters. The van der Waals surface area contributed by atoms with Crippen molar-refractivity contribution in [3.8, 4) is 5.75 Å². The zero-order valence-electron chi connectivity index (χ0n) is 18.7. The molecule has 0 saturated heterocycles. The molecule has 30 heavy (non-hydrogen) atoms. The average molecular weight is 464 g/mol. The average Bonchev–Trinajstić information content (AvgIpc) is 2.71. The van der Waals surface area contributed by atoms with Crippen molar-refractivity contribution in [2.45, 2.75) is 46.5 Å². The van der Waals surface area contributed by atoms with Crippen molar-refractivity contribution in [1.29, 1.82) is 0 Å². The van der Waals surface area contributed by atoms with Crippen LogP contribution < -0.4 is 4.74 Å². The first-order valence-electron chi connectivity index (χ1n) is 10.4. The molecule has 2 nitrogen and oxygen atoms in total. The SMILES string of the molecule is COc1c(Br)cc(C)cc1/C(=N\c1c(C(C)C)cccc1C(C)C)c1ccccc1. The van der Waals surface area contributed by atoms with Crippen LogP contribution in [-0.2, 0) is 0 Å². The fraction of sp³-hybridized carbons (Fsp3) is 0.296. The van der Waals surface area contributed by atoms with Gasteiger partial charge in [0.1, 0.15) is 5.75 Å². The van der Waals surface area contributed by atoms with Crippen LogP contribution in [0.2, 0.25) is 0 Å². The molecule has 0 bridgehead atoms. The number of nitrogens with zero attached hydrogens (tertiary/aromatic N) is 1. The molecule has 156 valence electrons. The molecule has 0 aliphatic carbocycles. The molecule has 3 heteroatoms. The summed E-state index contributed by atoms with van der Waals surface area (Å²) in [4.78, 5) is 5.35. The summed E-state index contributed by atoms with van der Waals surface area (Å²) in [5, 5.41) is 0. The summed E-state index contributed by atoms with van der Waals surface area (Å²) in [5.41, 5.74) is 7.74. The minimum Gasteiger partial charge on any atom is -0.495 e. The van der Waals surface area contributed by atoms with Gasteiger partial charge in [-0.2, -0.15) is 0 Å². The summed E-state index contributed by atoms with van der Waals surface area (Å²) in [7, 11) is 1.71. The van der Waals surface area contributed by atoms with E-state index in [1.54, 1.807) is 7.11 Å². The van der Waals surface area contributed by atoms with Gasteiger partial charge in [0.15, 0.2) is 0 Å². The van der Waals surface area contributed by atoms with E-state index in [1.165, 1.54) is 11.1 Å². The number of aryl methyl sites for hydroxylation is 1. The van der Waals surface area contributed by atoms with Gasteiger partial charge in [0.25, 0.3) is 0 Å². The standard InChI is InChI=1S/C27H30BrNO/c1-17(2)21-13-10-14-22(18(3)4)26(21)29-25(20-11-8-7-9-12-20)23-15-19(5)16-24(28)27(23)30-6/h7-18H,1-6H3/b29-25-. The molecule has 3 aromatic rings. The highest BCUT2D eigenvalue weighted by molar-refractivity contribution is 9.10. The molecule has 0 fully saturated rings. The summed E-state index contributed by atoms with van der Waals surface area (Å²) in [6.45, 7) is 11.0. The molecule has 0 unspecified atom stereocenters. The number of benzene rings is 3. The van der Waals surface area contributed by atoms with Crippen LogP contribution in [0.1, 0.15) is 67.3 Å². The van der Waals surface area contributed by atoms with E-state index in [-0.39, 0.29) is 0 Å². The van der Waals surface area contributed by atoms with Crippen molar-refractivity contribution in [3.05, 3.63) is 93.0 Å². The van der Waals surface area contributed by atoms with E-state index < -0.39 is 0 Å². The minimum atomic E-state index is 0.380. The molecule has 3 aromatic carbocycles. The van der Waals surface area contributed by atoms with E-state index in [9.17, 15) is 0 Å². The van der Waals surface area contributed by atoms with Crippen molar-refractivity contribution in [2.75, 3.05) is 7.11 Å². The Hall–Kier alpha value is -2.39. The molecule has 0 saturated carbocycles. The van der Waals surface area contributed by atoms with Crippen molar-refractivity contribution in [1.82, 2.24) is 0 Å². The lowest BCUT2D eigenvalue weighted by Gasteiger charge is -2.19. The maximum absolute atomic E-state index is 5.80. The summed E-state index contributed by atoms with van der Waals surface area (Å²) in [5.74, 6) is 1.56. The summed E-state index contributed by atoms with van der Waals surface area (Å²) >= 11 is 3.68. The predicted octanol–water partition coefficient (Wildman–Crippen LogP) is 8.18. The van der Waals surface area contributed by atoms with Crippen LogP contribution in [0.5, 0.6) is 5.75 Å². The largest absolute Gasteiger partial charge is 0.495 e. The summed E-state index contributed by atoms with van der Waals surface area (Å²) in [6, 6.07) is 21.1. The highest BCUT2D eigenvalue weighted by Gasteiger charge is 2.19. The highest BCUT2D eigenvalue weighted by atomic mass is 79.9. The van der Waals surface area contributed by atoms with Crippen molar-refractivity contribution >= 4 is 27.3 Å². The van der Waals surface area contributed by atoms with Crippen LogP contribution >= 0.6 is 15.9 Å². The van der Waals surface area contributed by atoms with Gasteiger partial charge in [0, 0.05) is 11.1 Å². The lowest BCUT2D eigenvalue weighted by Crippen LogP contribution is -2.08. The Morgan fingerprint density at radius 3 is 2.00 bits per heavy atom. The van der Waals surface area contributed by atoms with E-state index >= 15 is 0 Å². The first-order chi connectivity index (χ1) is 14.3. The number of hydrogen-bond acceptors (Lipinski definition) is 2. The molecular formula is C27H30BrNO. The smallest absolute Gasteiger partial charge is 0.142 e. The molecule has 3 rings (SSSR count). The first kappa shape index (κ1) is 22.3. The quantitative estimate of drug-likeness (QED) is 0.337. The Balaban J connectivity index is 2.39. The fourth-order valence-corrected chi connectivity index (χ4v) is 4.48. The summed E-state index contributed by atoms with van der Waals surface area (Å²) in [6.07, 6.45) is 0. The number of methoxy groups -OCH3 is 1. The van der Waals surface area contributed by atoms with Crippen LogP contribution in [0.15, 0.2) is 70.1 Å². The molecule has 0 aliphatic rings. The molecule has 0 N–H and O–H groups in total. The van der Waals surface area contributed by atoms with Gasteiger partial charge in [-0.25, -0.2) is 4.99 Å². The lowest BCUT2D eigenvalue weighted by molar-refractivity contribution is 0.411. The Morgan fingerprint density at radius 2 is 1.47 bits per heavy atom. The predicted molar refractivity (Wildman–Crippen MR) is 132 cm³/mol. The Bertz CT molecular complexity index is 1030. The van der Waals surface area contributed by atoms with Crippen LogP contribution in [0.25, 0.3) is 0 Å². The number of ether oxygens (including phenoxy) is 1.